The maximum absolute atomic E-state index is 13.1. The van der Waals surface area contributed by atoms with Gasteiger partial charge in [0.05, 0.1) is 0 Å². The molecule has 1 atom stereocenters. The van der Waals surface area contributed by atoms with Gasteiger partial charge in [0.2, 0.25) is 11.8 Å². The van der Waals surface area contributed by atoms with Crippen molar-refractivity contribution in [3.05, 3.63) is 11.1 Å². The van der Waals surface area contributed by atoms with E-state index in [1.807, 2.05) is 6.92 Å². The highest BCUT2D eigenvalue weighted by Crippen LogP contribution is 2.41. The predicted octanol–water partition coefficient (Wildman–Crippen LogP) is 2.57. The first-order valence-corrected chi connectivity index (χ1v) is 8.40. The van der Waals surface area contributed by atoms with Crippen LogP contribution in [0.3, 0.4) is 0 Å². The van der Waals surface area contributed by atoms with Gasteiger partial charge in [0.1, 0.15) is 11.6 Å². The van der Waals surface area contributed by atoms with Crippen LogP contribution in [-0.4, -0.2) is 34.8 Å². The van der Waals surface area contributed by atoms with E-state index in [9.17, 15) is 9.59 Å². The first-order valence-electron chi connectivity index (χ1n) is 7.96. The van der Waals surface area contributed by atoms with Crippen LogP contribution in [0.5, 0.6) is 0 Å². The molecule has 3 aliphatic rings. The lowest BCUT2D eigenvalue weighted by molar-refractivity contribution is -0.157. The van der Waals surface area contributed by atoms with Gasteiger partial charge in [-0.25, -0.2) is 0 Å². The molecule has 1 spiro atoms. The van der Waals surface area contributed by atoms with Crippen molar-refractivity contribution >= 4 is 23.4 Å². The Bertz CT molecular complexity index is 479. The number of carbonyl (C=O) groups excluding carboxylic acids is 2. The Morgan fingerprint density at radius 1 is 1.33 bits per heavy atom. The summed E-state index contributed by atoms with van der Waals surface area (Å²) in [7, 11) is 0. The molecule has 0 aromatic heterocycles. The number of nitrogens with zero attached hydrogens (tertiary/aromatic N) is 1. The highest BCUT2D eigenvalue weighted by molar-refractivity contribution is 6.25. The second kappa shape index (κ2) is 5.64. The Kier molecular flexibility index (Phi) is 4.00. The molecule has 3 fully saturated rings. The second-order valence-electron chi connectivity index (χ2n) is 6.80. The molecule has 1 saturated heterocycles. The Morgan fingerprint density at radius 2 is 2.00 bits per heavy atom. The Labute approximate surface area is 130 Å². The molecule has 2 aliphatic carbocycles. The number of rotatable bonds is 3. The smallest absolute Gasteiger partial charge is 0.249 e. The van der Waals surface area contributed by atoms with E-state index in [1.165, 1.54) is 5.54 Å². The summed E-state index contributed by atoms with van der Waals surface area (Å²) in [4.78, 5) is 27.5. The molecule has 2 amide bonds. The molecular formula is C16H23ClN2O2. The summed E-state index contributed by atoms with van der Waals surface area (Å²) in [6.45, 7) is 2.38. The lowest BCUT2D eigenvalue weighted by atomic mass is 9.78. The van der Waals surface area contributed by atoms with Crippen LogP contribution in [0.15, 0.2) is 11.1 Å². The molecule has 2 saturated carbocycles. The van der Waals surface area contributed by atoms with Gasteiger partial charge in [0, 0.05) is 12.1 Å². The minimum absolute atomic E-state index is 0.0429. The van der Waals surface area contributed by atoms with Crippen LogP contribution in [0.4, 0.5) is 0 Å². The molecule has 116 valence electrons. The number of halogens is 1. The van der Waals surface area contributed by atoms with Gasteiger partial charge in [-0.3, -0.25) is 9.59 Å². The zero-order valence-electron chi connectivity index (χ0n) is 12.5. The van der Waals surface area contributed by atoms with Crippen LogP contribution in [0, 0.1) is 5.92 Å². The third-order valence-corrected chi connectivity index (χ3v) is 5.39. The minimum atomic E-state index is -0.646. The van der Waals surface area contributed by atoms with Gasteiger partial charge in [-0.15, -0.1) is 0 Å². The average molecular weight is 311 g/mol. The van der Waals surface area contributed by atoms with Gasteiger partial charge in [0.25, 0.3) is 0 Å². The highest BCUT2D eigenvalue weighted by Gasteiger charge is 2.54. The molecule has 1 heterocycles. The van der Waals surface area contributed by atoms with Crippen LogP contribution < -0.4 is 5.32 Å². The monoisotopic (exact) mass is 310 g/mol. The highest BCUT2D eigenvalue weighted by atomic mass is 35.5. The zero-order chi connectivity index (χ0) is 15.0. The summed E-state index contributed by atoms with van der Waals surface area (Å²) < 4.78 is 0. The molecule has 0 bridgehead atoms. The van der Waals surface area contributed by atoms with E-state index in [0.29, 0.717) is 12.5 Å². The summed E-state index contributed by atoms with van der Waals surface area (Å²) in [5.41, 5.74) is 1.79. The van der Waals surface area contributed by atoms with Crippen molar-refractivity contribution in [1.29, 1.82) is 0 Å². The Morgan fingerprint density at radius 3 is 2.57 bits per heavy atom. The van der Waals surface area contributed by atoms with Gasteiger partial charge in [-0.2, -0.15) is 0 Å². The normalized spacial score (nSPS) is 29.7. The summed E-state index contributed by atoms with van der Waals surface area (Å²) in [6.07, 6.45) is 6.80. The first kappa shape index (κ1) is 14.9. The molecule has 1 aliphatic heterocycles. The van der Waals surface area contributed by atoms with Crippen LogP contribution in [-0.2, 0) is 9.59 Å². The number of piperazine rings is 1. The summed E-state index contributed by atoms with van der Waals surface area (Å²) in [5, 5.41) is 3.09. The van der Waals surface area contributed by atoms with E-state index in [0.717, 1.165) is 50.5 Å². The fraction of sp³-hybridized carbons (Fsp3) is 0.750. The van der Waals surface area contributed by atoms with E-state index < -0.39 is 5.54 Å². The molecule has 5 heteroatoms. The van der Waals surface area contributed by atoms with Crippen molar-refractivity contribution in [3.8, 4) is 0 Å². The van der Waals surface area contributed by atoms with Crippen LogP contribution in [0.2, 0.25) is 0 Å². The number of hydrogen-bond acceptors (Lipinski definition) is 2. The molecular weight excluding hydrogens is 288 g/mol. The van der Waals surface area contributed by atoms with E-state index in [2.05, 4.69) is 5.32 Å². The van der Waals surface area contributed by atoms with Gasteiger partial charge in [0.15, 0.2) is 0 Å². The largest absolute Gasteiger partial charge is 0.340 e. The number of carbonyl (C=O) groups is 2. The summed E-state index contributed by atoms with van der Waals surface area (Å²) in [5.74, 6) is 0.482. The predicted molar refractivity (Wildman–Crippen MR) is 81.8 cm³/mol. The third kappa shape index (κ3) is 2.70. The summed E-state index contributed by atoms with van der Waals surface area (Å²) in [6, 6.07) is -0.295. The van der Waals surface area contributed by atoms with Gasteiger partial charge < -0.3 is 10.2 Å². The van der Waals surface area contributed by atoms with Crippen LogP contribution in [0.1, 0.15) is 51.9 Å². The minimum Gasteiger partial charge on any atom is -0.340 e. The number of hydrogen-bond donors (Lipinski definition) is 1. The van der Waals surface area contributed by atoms with Gasteiger partial charge in [-0.05, 0) is 44.1 Å². The molecule has 3 rings (SSSR count). The van der Waals surface area contributed by atoms with E-state index >= 15 is 0 Å². The zero-order valence-corrected chi connectivity index (χ0v) is 13.3. The van der Waals surface area contributed by atoms with Gasteiger partial charge >= 0.3 is 0 Å². The van der Waals surface area contributed by atoms with Crippen molar-refractivity contribution < 1.29 is 9.59 Å². The molecule has 0 aromatic rings. The molecule has 1 unspecified atom stereocenters. The second-order valence-corrected chi connectivity index (χ2v) is 7.02. The third-order valence-electron chi connectivity index (χ3n) is 5.02. The average Bonchev–Trinajstić information content (AvgIpc) is 3.30. The topological polar surface area (TPSA) is 49.4 Å². The summed E-state index contributed by atoms with van der Waals surface area (Å²) >= 11 is 5.77. The molecule has 21 heavy (non-hydrogen) atoms. The molecule has 0 aromatic carbocycles. The van der Waals surface area contributed by atoms with Crippen molar-refractivity contribution in [2.45, 2.75) is 63.5 Å². The quantitative estimate of drug-likeness (QED) is 0.871. The van der Waals surface area contributed by atoms with E-state index in [1.54, 1.807) is 4.90 Å². The molecule has 1 N–H and O–H groups in total. The Hall–Kier alpha value is -1.03. The number of amides is 2. The van der Waals surface area contributed by atoms with Crippen LogP contribution in [0.25, 0.3) is 0 Å². The molecule has 4 nitrogen and oxygen atoms in total. The molecule has 0 radical (unpaired) electrons. The van der Waals surface area contributed by atoms with Crippen LogP contribution >= 0.6 is 11.6 Å². The standard InChI is InChI=1S/C16H23ClN2O2/c1-11(9-17)10-19-13(12-5-6-12)14(20)18-16(15(19)21)7-3-2-4-8-16/h9,12-13H,2-8,10H2,1H3,(H,18,20). The SMILES string of the molecule is CC(=CCl)CN1C(=O)C2(CCCCC2)NC(=O)C1C1CC1. The van der Waals surface area contributed by atoms with Gasteiger partial charge in [-0.1, -0.05) is 30.9 Å². The van der Waals surface area contributed by atoms with E-state index in [4.69, 9.17) is 11.6 Å². The maximum Gasteiger partial charge on any atom is 0.249 e. The van der Waals surface area contributed by atoms with Crippen molar-refractivity contribution in [2.75, 3.05) is 6.54 Å². The van der Waals surface area contributed by atoms with Crippen molar-refractivity contribution in [2.24, 2.45) is 5.92 Å². The fourth-order valence-corrected chi connectivity index (χ4v) is 3.82. The van der Waals surface area contributed by atoms with Crippen molar-refractivity contribution in [1.82, 2.24) is 10.2 Å². The maximum atomic E-state index is 13.1. The lowest BCUT2D eigenvalue weighted by Crippen LogP contribution is -2.71. The van der Waals surface area contributed by atoms with Crippen molar-refractivity contribution in [3.63, 3.8) is 0 Å². The fourth-order valence-electron chi connectivity index (χ4n) is 3.75. The van der Waals surface area contributed by atoms with E-state index in [-0.39, 0.29) is 17.9 Å². The Balaban J connectivity index is 1.89. The number of nitrogens with one attached hydrogen (secondary N) is 1. The lowest BCUT2D eigenvalue weighted by Gasteiger charge is -2.48. The first-order chi connectivity index (χ1) is 10.1.